The van der Waals surface area contributed by atoms with E-state index < -0.39 is 11.4 Å². The first-order valence-electron chi connectivity index (χ1n) is 19.3. The van der Waals surface area contributed by atoms with E-state index in [-0.39, 0.29) is 46.8 Å². The molecule has 5 fully saturated rings. The summed E-state index contributed by atoms with van der Waals surface area (Å²) in [4.78, 5) is 29.5. The number of esters is 1. The third kappa shape index (κ3) is 5.94. The van der Waals surface area contributed by atoms with Gasteiger partial charge in [-0.05, 0) is 131 Å². The molecule has 1 saturated heterocycles. The molecule has 7 heteroatoms. The minimum atomic E-state index is -1.11. The van der Waals surface area contributed by atoms with Gasteiger partial charge in [-0.1, -0.05) is 45.8 Å². The zero-order chi connectivity index (χ0) is 34.1. The quantitative estimate of drug-likeness (QED) is 0.215. The Hall–Kier alpha value is -1.44. The van der Waals surface area contributed by atoms with Gasteiger partial charge in [0.2, 0.25) is 0 Å². The molecule has 0 radical (unpaired) electrons. The number of aliphatic hydroxyl groups is 1. The lowest BCUT2D eigenvalue weighted by Crippen LogP contribution is -2.61. The highest BCUT2D eigenvalue weighted by Gasteiger charge is 2.65. The van der Waals surface area contributed by atoms with E-state index in [1.54, 1.807) is 25.0 Å². The fourth-order valence-electron chi connectivity index (χ4n) is 12.8. The lowest BCUT2D eigenvalue weighted by molar-refractivity contribution is -0.193. The number of hydrogen-bond acceptors (Lipinski definition) is 6. The van der Waals surface area contributed by atoms with Crippen LogP contribution < -0.4 is 0 Å². The van der Waals surface area contributed by atoms with E-state index in [1.807, 2.05) is 0 Å². The van der Waals surface area contributed by atoms with Gasteiger partial charge in [0, 0.05) is 38.1 Å². The second-order valence-electron chi connectivity index (χ2n) is 18.7. The molecular formula is C40H66N2O5. The number of fused-ring (bicyclic) bond motifs is 7. The van der Waals surface area contributed by atoms with Crippen LogP contribution in [0.2, 0.25) is 0 Å². The Balaban J connectivity index is 1.20. The first-order valence-corrected chi connectivity index (χ1v) is 19.3. The molecule has 10 unspecified atom stereocenters. The van der Waals surface area contributed by atoms with Crippen molar-refractivity contribution in [3.63, 3.8) is 0 Å². The van der Waals surface area contributed by atoms with Gasteiger partial charge in [0.25, 0.3) is 0 Å². The number of aliphatic carboxylic acids is 1. The molecule has 7 nitrogen and oxygen atoms in total. The smallest absolute Gasteiger partial charge is 0.309 e. The van der Waals surface area contributed by atoms with Gasteiger partial charge in [0.15, 0.2) is 0 Å². The predicted molar refractivity (Wildman–Crippen MR) is 186 cm³/mol. The van der Waals surface area contributed by atoms with E-state index >= 15 is 0 Å². The number of rotatable bonds is 8. The molecule has 47 heavy (non-hydrogen) atoms. The van der Waals surface area contributed by atoms with Crippen LogP contribution in [0.5, 0.6) is 0 Å². The number of hydrogen-bond donors (Lipinski definition) is 2. The Kier molecular flexibility index (Phi) is 9.57. The minimum Gasteiger partial charge on any atom is -0.481 e. The van der Waals surface area contributed by atoms with Crippen molar-refractivity contribution in [3.05, 3.63) is 11.1 Å². The van der Waals surface area contributed by atoms with Gasteiger partial charge in [-0.15, -0.1) is 0 Å². The van der Waals surface area contributed by atoms with Crippen LogP contribution in [-0.2, 0) is 14.3 Å². The van der Waals surface area contributed by atoms with Crippen molar-refractivity contribution in [1.29, 1.82) is 0 Å². The number of carboxylic acids is 1. The number of aliphatic hydroxyl groups excluding tert-OH is 1. The van der Waals surface area contributed by atoms with Crippen LogP contribution in [0.3, 0.4) is 0 Å². The molecule has 10 atom stereocenters. The standard InChI is InChI=1S/C40H66N2O5/c1-25(2)27-11-17-40(33(43)24-42-21-19-41(8)20-22-42)18-13-30-28(35(27)40)9-10-32-38(6)16-14-31(26(3)29(38)12-15-39(30,32)7)47-34(44)23-37(4,5)36(45)46/h25-26,28-33,43H,9-24H2,1-8H3,(H,45,46). The first-order chi connectivity index (χ1) is 22.0. The van der Waals surface area contributed by atoms with Gasteiger partial charge < -0.3 is 19.8 Å². The Morgan fingerprint density at radius 1 is 0.936 bits per heavy atom. The summed E-state index contributed by atoms with van der Waals surface area (Å²) in [6.07, 6.45) is 11.0. The van der Waals surface area contributed by atoms with Crippen molar-refractivity contribution in [1.82, 2.24) is 9.80 Å². The fraction of sp³-hybridized carbons (Fsp3) is 0.900. The molecule has 0 aromatic heterocycles. The summed E-state index contributed by atoms with van der Waals surface area (Å²) < 4.78 is 6.07. The SMILES string of the molecule is CC(C)C1=C2C3CCC4C(C)(CCC5C(C)C(OC(=O)CC(C)(C)C(=O)O)CCC54C)C3CCC2(C(O)CN2CCN(C)CC2)CC1. The van der Waals surface area contributed by atoms with Crippen LogP contribution in [0.25, 0.3) is 0 Å². The maximum absolute atomic E-state index is 12.9. The number of piperazine rings is 1. The topological polar surface area (TPSA) is 90.3 Å². The third-order valence-corrected chi connectivity index (χ3v) is 15.5. The van der Waals surface area contributed by atoms with Crippen molar-refractivity contribution in [2.75, 3.05) is 39.8 Å². The van der Waals surface area contributed by atoms with Gasteiger partial charge >= 0.3 is 11.9 Å². The highest BCUT2D eigenvalue weighted by Crippen LogP contribution is 2.72. The molecule has 266 valence electrons. The van der Waals surface area contributed by atoms with E-state index in [9.17, 15) is 19.8 Å². The van der Waals surface area contributed by atoms with Crippen LogP contribution in [-0.4, -0.2) is 83.9 Å². The zero-order valence-corrected chi connectivity index (χ0v) is 30.9. The van der Waals surface area contributed by atoms with Crippen molar-refractivity contribution < 1.29 is 24.5 Å². The highest BCUT2D eigenvalue weighted by atomic mass is 16.5. The molecule has 4 saturated carbocycles. The monoisotopic (exact) mass is 654 g/mol. The second-order valence-corrected chi connectivity index (χ2v) is 18.7. The van der Waals surface area contributed by atoms with Gasteiger partial charge in [0.1, 0.15) is 6.10 Å². The second kappa shape index (κ2) is 12.7. The summed E-state index contributed by atoms with van der Waals surface area (Å²) in [7, 11) is 2.21. The minimum absolute atomic E-state index is 0.0416. The van der Waals surface area contributed by atoms with Crippen molar-refractivity contribution in [2.24, 2.45) is 57.2 Å². The van der Waals surface area contributed by atoms with E-state index in [4.69, 9.17) is 4.74 Å². The van der Waals surface area contributed by atoms with Gasteiger partial charge in [0.05, 0.1) is 17.9 Å². The number of β-amino-alcohol motifs (C(OH)–C–C–N with tert-alkyl or cyclic N) is 1. The van der Waals surface area contributed by atoms with Crippen molar-refractivity contribution in [2.45, 2.75) is 131 Å². The molecule has 2 N–H and O–H groups in total. The van der Waals surface area contributed by atoms with Gasteiger partial charge in [-0.2, -0.15) is 0 Å². The molecular weight excluding hydrogens is 588 g/mol. The number of allylic oxidation sites excluding steroid dienone is 1. The fourth-order valence-corrected chi connectivity index (χ4v) is 12.8. The van der Waals surface area contributed by atoms with Gasteiger partial charge in [-0.25, -0.2) is 0 Å². The van der Waals surface area contributed by atoms with Crippen molar-refractivity contribution in [3.8, 4) is 0 Å². The number of carbonyl (C=O) groups is 2. The number of nitrogens with zero attached hydrogens (tertiary/aromatic N) is 2. The van der Waals surface area contributed by atoms with E-state index in [2.05, 4.69) is 51.5 Å². The molecule has 0 aromatic carbocycles. The molecule has 0 bridgehead atoms. The first kappa shape index (κ1) is 35.4. The molecule has 1 heterocycles. The maximum atomic E-state index is 12.9. The number of ether oxygens (including phenoxy) is 1. The number of carboxylic acid groups (broad SMARTS) is 1. The van der Waals surface area contributed by atoms with E-state index in [0.29, 0.717) is 29.6 Å². The Bertz CT molecular complexity index is 1240. The largest absolute Gasteiger partial charge is 0.481 e. The van der Waals surface area contributed by atoms with E-state index in [1.165, 1.54) is 32.1 Å². The lowest BCUT2D eigenvalue weighted by atomic mass is 9.38. The number of likely N-dealkylation sites (N-methyl/N-ethyl adjacent to an activating group) is 1. The molecule has 0 spiro atoms. The molecule has 6 aliphatic rings. The summed E-state index contributed by atoms with van der Waals surface area (Å²) in [6, 6.07) is 0. The summed E-state index contributed by atoms with van der Waals surface area (Å²) in [5, 5.41) is 21.7. The summed E-state index contributed by atoms with van der Waals surface area (Å²) >= 11 is 0. The molecule has 5 aliphatic carbocycles. The molecule has 0 aromatic rings. The van der Waals surface area contributed by atoms with Crippen LogP contribution in [0.15, 0.2) is 11.1 Å². The maximum Gasteiger partial charge on any atom is 0.309 e. The van der Waals surface area contributed by atoms with Gasteiger partial charge in [-0.3, -0.25) is 14.5 Å². The zero-order valence-electron chi connectivity index (χ0n) is 30.9. The summed E-state index contributed by atoms with van der Waals surface area (Å²) in [6.45, 7) is 20.6. The molecule has 1 aliphatic heterocycles. The lowest BCUT2D eigenvalue weighted by Gasteiger charge is -2.67. The molecule has 6 rings (SSSR count). The number of carbonyl (C=O) groups excluding carboxylic acids is 1. The molecule has 0 amide bonds. The van der Waals surface area contributed by atoms with Crippen LogP contribution in [0, 0.1) is 57.2 Å². The Morgan fingerprint density at radius 3 is 2.23 bits per heavy atom. The Morgan fingerprint density at radius 2 is 1.57 bits per heavy atom. The van der Waals surface area contributed by atoms with Crippen LogP contribution in [0.1, 0.15) is 119 Å². The van der Waals surface area contributed by atoms with Crippen molar-refractivity contribution >= 4 is 11.9 Å². The average Bonchev–Trinajstić information content (AvgIpc) is 3.41. The van der Waals surface area contributed by atoms with E-state index in [0.717, 1.165) is 64.8 Å². The predicted octanol–water partition coefficient (Wildman–Crippen LogP) is 7.03. The normalized spacial score (nSPS) is 41.9. The Labute approximate surface area is 285 Å². The van der Waals surface area contributed by atoms with Crippen LogP contribution >= 0.6 is 0 Å². The highest BCUT2D eigenvalue weighted by molar-refractivity contribution is 5.81. The van der Waals surface area contributed by atoms with Crippen LogP contribution in [0.4, 0.5) is 0 Å². The third-order valence-electron chi connectivity index (χ3n) is 15.5. The average molecular weight is 655 g/mol. The summed E-state index contributed by atoms with van der Waals surface area (Å²) in [5.41, 5.74) is 2.75. The summed E-state index contributed by atoms with van der Waals surface area (Å²) in [5.74, 6) is 1.94.